The molecular formula is C15H11BrF2N2. The number of nitrogens with zero attached hydrogens (tertiary/aromatic N) is 1. The molecule has 0 bridgehead atoms. The number of nitrogens with one attached hydrogen (secondary N) is 1. The summed E-state index contributed by atoms with van der Waals surface area (Å²) in [7, 11) is 0. The predicted octanol–water partition coefficient (Wildman–Crippen LogP) is 4.77. The molecule has 0 radical (unpaired) electrons. The molecule has 0 aliphatic heterocycles. The van der Waals surface area contributed by atoms with Gasteiger partial charge in [0.05, 0.1) is 5.56 Å². The van der Waals surface area contributed by atoms with Crippen LogP contribution < -0.4 is 5.32 Å². The highest BCUT2D eigenvalue weighted by Gasteiger charge is 2.11. The fourth-order valence-corrected chi connectivity index (χ4v) is 2.58. The molecule has 102 valence electrons. The van der Waals surface area contributed by atoms with Crippen LogP contribution in [0.4, 0.5) is 14.5 Å². The van der Waals surface area contributed by atoms with E-state index in [2.05, 4.69) is 21.2 Å². The Hall–Kier alpha value is -1.93. The number of benzene rings is 2. The van der Waals surface area contributed by atoms with Gasteiger partial charge in [0.25, 0.3) is 0 Å². The van der Waals surface area contributed by atoms with Gasteiger partial charge in [-0.3, -0.25) is 0 Å². The minimum absolute atomic E-state index is 0.0135. The van der Waals surface area contributed by atoms with Gasteiger partial charge in [-0.25, -0.2) is 8.78 Å². The normalized spacial score (nSPS) is 11.8. The third-order valence-corrected chi connectivity index (χ3v) is 3.59. The molecule has 2 nitrogen and oxygen atoms in total. The van der Waals surface area contributed by atoms with Crippen LogP contribution in [0.1, 0.15) is 24.1 Å². The van der Waals surface area contributed by atoms with Crippen molar-refractivity contribution in [3.63, 3.8) is 0 Å². The Morgan fingerprint density at radius 2 is 1.95 bits per heavy atom. The van der Waals surface area contributed by atoms with Crippen molar-refractivity contribution in [2.24, 2.45) is 0 Å². The fourth-order valence-electron chi connectivity index (χ4n) is 1.88. The molecule has 1 atom stereocenters. The third-order valence-electron chi connectivity index (χ3n) is 2.90. The first-order valence-corrected chi connectivity index (χ1v) is 6.71. The zero-order valence-corrected chi connectivity index (χ0v) is 12.2. The number of anilines is 1. The summed E-state index contributed by atoms with van der Waals surface area (Å²) in [6.07, 6.45) is 0. The standard InChI is InChI=1S/C15H11BrF2N2/c1-9(13-4-2-11(17)7-14(13)16)20-12-3-5-15(18)10(6-12)8-19/h2-7,9,20H,1H3. The van der Waals surface area contributed by atoms with Gasteiger partial charge in [-0.2, -0.15) is 5.26 Å². The van der Waals surface area contributed by atoms with Crippen LogP contribution in [0.5, 0.6) is 0 Å². The average molecular weight is 337 g/mol. The number of rotatable bonds is 3. The number of hydrogen-bond acceptors (Lipinski definition) is 2. The lowest BCUT2D eigenvalue weighted by Gasteiger charge is -2.17. The van der Waals surface area contributed by atoms with E-state index in [0.717, 1.165) is 5.56 Å². The Morgan fingerprint density at radius 1 is 1.20 bits per heavy atom. The second kappa shape index (κ2) is 6.02. The van der Waals surface area contributed by atoms with E-state index in [1.807, 2.05) is 6.92 Å². The van der Waals surface area contributed by atoms with Gasteiger partial charge in [0.15, 0.2) is 0 Å². The molecule has 0 spiro atoms. The Labute approximate surface area is 124 Å². The summed E-state index contributed by atoms with van der Waals surface area (Å²) in [5, 5.41) is 12.0. The molecule has 1 unspecified atom stereocenters. The van der Waals surface area contributed by atoms with Gasteiger partial charge < -0.3 is 5.32 Å². The maximum absolute atomic E-state index is 13.2. The lowest BCUT2D eigenvalue weighted by molar-refractivity contribution is 0.623. The Morgan fingerprint density at radius 3 is 2.60 bits per heavy atom. The molecule has 0 heterocycles. The topological polar surface area (TPSA) is 35.8 Å². The zero-order valence-electron chi connectivity index (χ0n) is 10.6. The van der Waals surface area contributed by atoms with Crippen LogP contribution in [-0.2, 0) is 0 Å². The van der Waals surface area contributed by atoms with E-state index in [0.29, 0.717) is 10.2 Å². The van der Waals surface area contributed by atoms with Gasteiger partial charge in [0.1, 0.15) is 17.7 Å². The van der Waals surface area contributed by atoms with Gasteiger partial charge in [-0.15, -0.1) is 0 Å². The van der Waals surface area contributed by atoms with Crippen molar-refractivity contribution in [2.45, 2.75) is 13.0 Å². The first-order chi connectivity index (χ1) is 9.51. The molecule has 0 fully saturated rings. The van der Waals surface area contributed by atoms with Gasteiger partial charge in [0.2, 0.25) is 0 Å². The summed E-state index contributed by atoms with van der Waals surface area (Å²) in [6, 6.07) is 10.4. The predicted molar refractivity (Wildman–Crippen MR) is 77.3 cm³/mol. The largest absolute Gasteiger partial charge is 0.378 e. The zero-order chi connectivity index (χ0) is 14.7. The maximum Gasteiger partial charge on any atom is 0.141 e. The molecule has 5 heteroatoms. The first-order valence-electron chi connectivity index (χ1n) is 5.92. The molecule has 1 N–H and O–H groups in total. The molecule has 2 aromatic carbocycles. The van der Waals surface area contributed by atoms with Crippen LogP contribution in [0, 0.1) is 23.0 Å². The molecule has 20 heavy (non-hydrogen) atoms. The van der Waals surface area contributed by atoms with Gasteiger partial charge >= 0.3 is 0 Å². The highest BCUT2D eigenvalue weighted by atomic mass is 79.9. The van der Waals surface area contributed by atoms with Crippen LogP contribution in [0.15, 0.2) is 40.9 Å². The SMILES string of the molecule is CC(Nc1ccc(F)c(C#N)c1)c1ccc(F)cc1Br. The number of hydrogen-bond donors (Lipinski definition) is 1. The molecule has 0 aromatic heterocycles. The van der Waals surface area contributed by atoms with E-state index in [1.165, 1.54) is 24.3 Å². The summed E-state index contributed by atoms with van der Waals surface area (Å²) < 4.78 is 26.9. The number of halogens is 3. The molecule has 0 aliphatic rings. The summed E-state index contributed by atoms with van der Waals surface area (Å²) in [5.74, 6) is -0.866. The Bertz CT molecular complexity index is 680. The van der Waals surface area contributed by atoms with Crippen molar-refractivity contribution < 1.29 is 8.78 Å². The van der Waals surface area contributed by atoms with Crippen molar-refractivity contribution >= 4 is 21.6 Å². The Balaban J connectivity index is 2.23. The number of nitriles is 1. The van der Waals surface area contributed by atoms with Crippen molar-refractivity contribution in [3.05, 3.63) is 63.6 Å². The van der Waals surface area contributed by atoms with E-state index in [1.54, 1.807) is 18.2 Å². The summed E-state index contributed by atoms with van der Waals surface area (Å²) in [4.78, 5) is 0. The summed E-state index contributed by atoms with van der Waals surface area (Å²) in [5.41, 5.74) is 1.49. The monoisotopic (exact) mass is 336 g/mol. The van der Waals surface area contributed by atoms with Crippen molar-refractivity contribution in [1.29, 1.82) is 5.26 Å². The molecule has 0 amide bonds. The molecule has 2 aromatic rings. The minimum Gasteiger partial charge on any atom is -0.378 e. The highest BCUT2D eigenvalue weighted by molar-refractivity contribution is 9.10. The lowest BCUT2D eigenvalue weighted by Crippen LogP contribution is -2.08. The molecule has 0 aliphatic carbocycles. The highest BCUT2D eigenvalue weighted by Crippen LogP contribution is 2.27. The molecule has 0 saturated carbocycles. The van der Waals surface area contributed by atoms with E-state index >= 15 is 0 Å². The smallest absolute Gasteiger partial charge is 0.141 e. The van der Waals surface area contributed by atoms with Crippen LogP contribution >= 0.6 is 15.9 Å². The van der Waals surface area contributed by atoms with E-state index < -0.39 is 5.82 Å². The molecular weight excluding hydrogens is 326 g/mol. The quantitative estimate of drug-likeness (QED) is 0.876. The van der Waals surface area contributed by atoms with Crippen LogP contribution in [-0.4, -0.2) is 0 Å². The lowest BCUT2D eigenvalue weighted by atomic mass is 10.1. The van der Waals surface area contributed by atoms with Crippen LogP contribution in [0.25, 0.3) is 0 Å². The third kappa shape index (κ3) is 3.14. The summed E-state index contributed by atoms with van der Waals surface area (Å²) >= 11 is 3.31. The second-order valence-electron chi connectivity index (χ2n) is 4.34. The van der Waals surface area contributed by atoms with Crippen molar-refractivity contribution in [1.82, 2.24) is 0 Å². The van der Waals surface area contributed by atoms with Crippen LogP contribution in [0.2, 0.25) is 0 Å². The van der Waals surface area contributed by atoms with Crippen LogP contribution in [0.3, 0.4) is 0 Å². The first kappa shape index (κ1) is 14.5. The van der Waals surface area contributed by atoms with Crippen molar-refractivity contribution in [2.75, 3.05) is 5.32 Å². The van der Waals surface area contributed by atoms with Gasteiger partial charge in [0, 0.05) is 16.2 Å². The summed E-state index contributed by atoms with van der Waals surface area (Å²) in [6.45, 7) is 1.90. The second-order valence-corrected chi connectivity index (χ2v) is 5.19. The minimum atomic E-state index is -0.548. The van der Waals surface area contributed by atoms with E-state index in [4.69, 9.17) is 5.26 Å². The van der Waals surface area contributed by atoms with E-state index in [9.17, 15) is 8.78 Å². The van der Waals surface area contributed by atoms with Gasteiger partial charge in [-0.05, 0) is 42.8 Å². The van der Waals surface area contributed by atoms with Crippen molar-refractivity contribution in [3.8, 4) is 6.07 Å². The maximum atomic E-state index is 13.2. The Kier molecular flexibility index (Phi) is 4.35. The average Bonchev–Trinajstić information content (AvgIpc) is 2.40. The molecule has 2 rings (SSSR count). The van der Waals surface area contributed by atoms with Gasteiger partial charge in [-0.1, -0.05) is 22.0 Å². The fraction of sp³-hybridized carbons (Fsp3) is 0.133. The molecule has 0 saturated heterocycles. The van der Waals surface area contributed by atoms with E-state index in [-0.39, 0.29) is 17.4 Å².